The van der Waals surface area contributed by atoms with Crippen LogP contribution < -0.4 is 0 Å². The van der Waals surface area contributed by atoms with E-state index in [9.17, 15) is 4.79 Å². The zero-order valence-electron chi connectivity index (χ0n) is 9.70. The highest BCUT2D eigenvalue weighted by molar-refractivity contribution is 5.86. The smallest absolute Gasteiger partial charge is 0.374 e. The van der Waals surface area contributed by atoms with Crippen molar-refractivity contribution in [3.8, 4) is 0 Å². The lowest BCUT2D eigenvalue weighted by molar-refractivity contribution is 0.0487. The van der Waals surface area contributed by atoms with Gasteiger partial charge in [0.05, 0.1) is 6.61 Å². The Morgan fingerprint density at radius 3 is 2.81 bits per heavy atom. The summed E-state index contributed by atoms with van der Waals surface area (Å²) in [5.41, 5.74) is 0. The van der Waals surface area contributed by atoms with Gasteiger partial charge in [0.25, 0.3) is 0 Å². The van der Waals surface area contributed by atoms with Crippen molar-refractivity contribution in [2.75, 3.05) is 6.61 Å². The molecule has 0 N–H and O–H groups in total. The molecule has 0 atom stereocenters. The number of carbonyl (C=O) groups excluding carboxylic acids is 1. The minimum absolute atomic E-state index is 0.336. The van der Waals surface area contributed by atoms with Gasteiger partial charge in [0.2, 0.25) is 5.76 Å². The van der Waals surface area contributed by atoms with Crippen molar-refractivity contribution in [1.29, 1.82) is 0 Å². The second-order valence-electron chi connectivity index (χ2n) is 4.26. The molecule has 0 spiro atoms. The van der Waals surface area contributed by atoms with Crippen LogP contribution >= 0.6 is 0 Å². The van der Waals surface area contributed by atoms with Crippen molar-refractivity contribution in [2.24, 2.45) is 0 Å². The van der Waals surface area contributed by atoms with E-state index in [4.69, 9.17) is 9.15 Å². The van der Waals surface area contributed by atoms with Gasteiger partial charge in [0.15, 0.2) is 0 Å². The van der Waals surface area contributed by atoms with Gasteiger partial charge in [-0.15, -0.1) is 0 Å². The third kappa shape index (κ3) is 2.46. The first-order valence-electron chi connectivity index (χ1n) is 6.08. The van der Waals surface area contributed by atoms with E-state index < -0.39 is 0 Å². The van der Waals surface area contributed by atoms with Crippen molar-refractivity contribution < 1.29 is 13.9 Å². The molecule has 88 valence electrons. The summed E-state index contributed by atoms with van der Waals surface area (Å²) in [4.78, 5) is 11.4. The van der Waals surface area contributed by atoms with Gasteiger partial charge in [-0.2, -0.15) is 0 Å². The predicted molar refractivity (Wildman–Crippen MR) is 60.5 cm³/mol. The Bertz CT molecular complexity index is 348. The molecule has 1 aliphatic rings. The van der Waals surface area contributed by atoms with Gasteiger partial charge in [-0.3, -0.25) is 0 Å². The zero-order chi connectivity index (χ0) is 11.4. The molecule has 16 heavy (non-hydrogen) atoms. The third-order valence-corrected chi connectivity index (χ3v) is 3.11. The molecular formula is C13H18O3. The van der Waals surface area contributed by atoms with Crippen molar-refractivity contribution in [3.63, 3.8) is 0 Å². The monoisotopic (exact) mass is 222 g/mol. The van der Waals surface area contributed by atoms with Crippen molar-refractivity contribution >= 4 is 5.97 Å². The zero-order valence-corrected chi connectivity index (χ0v) is 9.70. The lowest BCUT2D eigenvalue weighted by Gasteiger charge is -2.19. The minimum Gasteiger partial charge on any atom is -0.460 e. The van der Waals surface area contributed by atoms with Gasteiger partial charge in [-0.25, -0.2) is 4.79 Å². The van der Waals surface area contributed by atoms with Crippen LogP contribution in [0.1, 0.15) is 61.3 Å². The number of ether oxygens (including phenoxy) is 1. The molecule has 0 radical (unpaired) electrons. The average molecular weight is 222 g/mol. The molecule has 0 bridgehead atoms. The largest absolute Gasteiger partial charge is 0.460 e. The number of carbonyl (C=O) groups is 1. The summed E-state index contributed by atoms with van der Waals surface area (Å²) < 4.78 is 10.5. The summed E-state index contributed by atoms with van der Waals surface area (Å²) in [5, 5.41) is 0. The second kappa shape index (κ2) is 5.19. The highest BCUT2D eigenvalue weighted by Gasteiger charge is 2.20. The maximum Gasteiger partial charge on any atom is 0.374 e. The Morgan fingerprint density at radius 2 is 2.12 bits per heavy atom. The molecule has 1 fully saturated rings. The van der Waals surface area contributed by atoms with Gasteiger partial charge in [-0.05, 0) is 31.9 Å². The van der Waals surface area contributed by atoms with Crippen LogP contribution in [-0.2, 0) is 4.74 Å². The first-order valence-corrected chi connectivity index (χ1v) is 6.08. The van der Waals surface area contributed by atoms with Gasteiger partial charge in [0.1, 0.15) is 5.76 Å². The molecule has 1 heterocycles. The summed E-state index contributed by atoms with van der Waals surface area (Å²) in [6, 6.07) is 3.64. The van der Waals surface area contributed by atoms with Crippen LogP contribution in [0.5, 0.6) is 0 Å². The van der Waals surface area contributed by atoms with Crippen molar-refractivity contribution in [3.05, 3.63) is 23.7 Å². The fraction of sp³-hybridized carbons (Fsp3) is 0.615. The highest BCUT2D eigenvalue weighted by atomic mass is 16.5. The minimum atomic E-state index is -0.357. The van der Waals surface area contributed by atoms with Gasteiger partial charge < -0.3 is 9.15 Å². The quantitative estimate of drug-likeness (QED) is 0.735. The Labute approximate surface area is 95.8 Å². The number of hydrogen-bond donors (Lipinski definition) is 0. The number of hydrogen-bond acceptors (Lipinski definition) is 3. The Hall–Kier alpha value is -1.25. The van der Waals surface area contributed by atoms with E-state index >= 15 is 0 Å². The van der Waals surface area contributed by atoms with Crippen LogP contribution in [0.4, 0.5) is 0 Å². The summed E-state index contributed by atoms with van der Waals surface area (Å²) in [5.74, 6) is 1.42. The maximum absolute atomic E-state index is 11.4. The molecular weight excluding hydrogens is 204 g/mol. The van der Waals surface area contributed by atoms with E-state index in [0.717, 1.165) is 5.76 Å². The summed E-state index contributed by atoms with van der Waals surface area (Å²) in [6.45, 7) is 2.18. The Morgan fingerprint density at radius 1 is 1.38 bits per heavy atom. The van der Waals surface area contributed by atoms with E-state index in [1.807, 2.05) is 6.07 Å². The highest BCUT2D eigenvalue weighted by Crippen LogP contribution is 2.33. The van der Waals surface area contributed by atoms with E-state index in [-0.39, 0.29) is 5.97 Å². The number of furan rings is 1. The summed E-state index contributed by atoms with van der Waals surface area (Å²) >= 11 is 0. The number of esters is 1. The van der Waals surface area contributed by atoms with Crippen molar-refractivity contribution in [2.45, 2.75) is 44.9 Å². The standard InChI is InChI=1S/C13H18O3/c1-2-15-13(14)12-9-8-11(16-12)10-6-4-3-5-7-10/h8-10H,2-7H2,1H3. The van der Waals surface area contributed by atoms with E-state index in [0.29, 0.717) is 18.3 Å². The van der Waals surface area contributed by atoms with Gasteiger partial charge in [0, 0.05) is 5.92 Å². The van der Waals surface area contributed by atoms with Crippen LogP contribution in [0.25, 0.3) is 0 Å². The molecule has 3 nitrogen and oxygen atoms in total. The van der Waals surface area contributed by atoms with Crippen LogP contribution in [0.15, 0.2) is 16.5 Å². The van der Waals surface area contributed by atoms with Gasteiger partial charge in [-0.1, -0.05) is 19.3 Å². The molecule has 2 rings (SSSR count). The maximum atomic E-state index is 11.4. The van der Waals surface area contributed by atoms with E-state index in [1.165, 1.54) is 32.1 Å². The van der Waals surface area contributed by atoms with Crippen LogP contribution in [-0.4, -0.2) is 12.6 Å². The molecule has 0 amide bonds. The predicted octanol–water partition coefficient (Wildman–Crippen LogP) is 3.50. The number of rotatable bonds is 3. The summed E-state index contributed by atoms with van der Waals surface area (Å²) in [7, 11) is 0. The van der Waals surface area contributed by atoms with Crippen molar-refractivity contribution in [1.82, 2.24) is 0 Å². The SMILES string of the molecule is CCOC(=O)c1ccc(C2CCCCC2)o1. The van der Waals surface area contributed by atoms with Crippen LogP contribution in [0, 0.1) is 0 Å². The molecule has 1 aromatic heterocycles. The Balaban J connectivity index is 2.03. The Kier molecular flexibility index (Phi) is 3.65. The normalized spacial score (nSPS) is 17.3. The first kappa shape index (κ1) is 11.2. The molecule has 0 aromatic carbocycles. The molecule has 1 aromatic rings. The molecule has 0 aliphatic heterocycles. The van der Waals surface area contributed by atoms with E-state index in [2.05, 4.69) is 0 Å². The molecule has 3 heteroatoms. The fourth-order valence-corrected chi connectivity index (χ4v) is 2.27. The van der Waals surface area contributed by atoms with Gasteiger partial charge >= 0.3 is 5.97 Å². The molecule has 0 saturated heterocycles. The lowest BCUT2D eigenvalue weighted by Crippen LogP contribution is -2.04. The van der Waals surface area contributed by atoms with Crippen LogP contribution in [0.2, 0.25) is 0 Å². The second-order valence-corrected chi connectivity index (χ2v) is 4.26. The first-order chi connectivity index (χ1) is 7.81. The fourth-order valence-electron chi connectivity index (χ4n) is 2.27. The molecule has 1 aliphatic carbocycles. The topological polar surface area (TPSA) is 39.4 Å². The molecule has 0 unspecified atom stereocenters. The van der Waals surface area contributed by atoms with E-state index in [1.54, 1.807) is 13.0 Å². The average Bonchev–Trinajstić information content (AvgIpc) is 2.80. The summed E-state index contributed by atoms with van der Waals surface area (Å²) in [6.07, 6.45) is 6.20. The molecule has 1 saturated carbocycles. The lowest BCUT2D eigenvalue weighted by atomic mass is 9.88. The third-order valence-electron chi connectivity index (χ3n) is 3.11. The van der Waals surface area contributed by atoms with Crippen LogP contribution in [0.3, 0.4) is 0 Å².